The Hall–Kier alpha value is -1.90. The monoisotopic (exact) mass is 365 g/mol. The predicted molar refractivity (Wildman–Crippen MR) is 93.7 cm³/mol. The van der Waals surface area contributed by atoms with Gasteiger partial charge >= 0.3 is 10.2 Å². The minimum Gasteiger partial charge on any atom is -0.378 e. The molecule has 1 saturated heterocycles. The lowest BCUT2D eigenvalue weighted by atomic mass is 9.98. The predicted octanol–water partition coefficient (Wildman–Crippen LogP) is 0.983. The van der Waals surface area contributed by atoms with Gasteiger partial charge in [-0.1, -0.05) is 30.3 Å². The highest BCUT2D eigenvalue weighted by molar-refractivity contribution is 7.86. The van der Waals surface area contributed by atoms with Crippen LogP contribution in [0.5, 0.6) is 0 Å². The van der Waals surface area contributed by atoms with Crippen molar-refractivity contribution in [2.75, 3.05) is 39.9 Å². The molecule has 7 nitrogen and oxygen atoms in total. The number of carbonyl (C=O) groups is 1. The molecule has 136 valence electrons. The number of carbonyl (C=O) groups excluding carboxylic acids is 1. The standard InChI is InChI=1S/C17H23N3O4S/c1-3-20-13-15(17(21)19-9-11-24-12-10-19)16(18(2)25(20,22)23)14-7-5-4-6-8-14/h4-8,13,16H,3,9-12H2,1-2H3. The van der Waals surface area contributed by atoms with Crippen molar-refractivity contribution in [2.45, 2.75) is 13.0 Å². The summed E-state index contributed by atoms with van der Waals surface area (Å²) in [6.07, 6.45) is 1.49. The summed E-state index contributed by atoms with van der Waals surface area (Å²) in [5.74, 6) is -0.141. The Bertz CT molecular complexity index is 757. The maximum atomic E-state index is 13.1. The van der Waals surface area contributed by atoms with Crippen LogP contribution >= 0.6 is 0 Å². The van der Waals surface area contributed by atoms with Gasteiger partial charge in [0.1, 0.15) is 0 Å². The maximum Gasteiger partial charge on any atom is 0.304 e. The smallest absolute Gasteiger partial charge is 0.304 e. The van der Waals surface area contributed by atoms with Gasteiger partial charge in [-0.3, -0.25) is 9.10 Å². The third-order valence-corrected chi connectivity index (χ3v) is 6.47. The van der Waals surface area contributed by atoms with Gasteiger partial charge in [0.25, 0.3) is 5.91 Å². The van der Waals surface area contributed by atoms with E-state index in [2.05, 4.69) is 0 Å². The molecule has 2 aliphatic rings. The second-order valence-corrected chi connectivity index (χ2v) is 7.97. The summed E-state index contributed by atoms with van der Waals surface area (Å²) in [5.41, 5.74) is 1.24. The van der Waals surface area contributed by atoms with Gasteiger partial charge in [0, 0.05) is 32.9 Å². The quantitative estimate of drug-likeness (QED) is 0.801. The molecule has 1 unspecified atom stereocenters. The van der Waals surface area contributed by atoms with E-state index >= 15 is 0 Å². The van der Waals surface area contributed by atoms with E-state index in [1.54, 1.807) is 11.8 Å². The minimum atomic E-state index is -3.65. The van der Waals surface area contributed by atoms with Crippen molar-refractivity contribution >= 4 is 16.1 Å². The first-order valence-corrected chi connectivity index (χ1v) is 9.75. The second-order valence-electron chi connectivity index (χ2n) is 6.03. The van der Waals surface area contributed by atoms with Crippen molar-refractivity contribution in [3.63, 3.8) is 0 Å². The van der Waals surface area contributed by atoms with Gasteiger partial charge in [0.15, 0.2) is 0 Å². The minimum absolute atomic E-state index is 0.141. The van der Waals surface area contributed by atoms with Crippen LogP contribution in [0.2, 0.25) is 0 Å². The molecule has 2 heterocycles. The van der Waals surface area contributed by atoms with E-state index in [0.717, 1.165) is 5.56 Å². The van der Waals surface area contributed by atoms with Crippen LogP contribution < -0.4 is 0 Å². The molecule has 2 aliphatic heterocycles. The Kier molecular flexibility index (Phi) is 5.12. The highest BCUT2D eigenvalue weighted by atomic mass is 32.2. The van der Waals surface area contributed by atoms with Crippen LogP contribution in [-0.2, 0) is 19.7 Å². The first-order valence-electron chi connectivity index (χ1n) is 8.35. The van der Waals surface area contributed by atoms with E-state index in [4.69, 9.17) is 4.74 Å². The molecule has 0 saturated carbocycles. The van der Waals surface area contributed by atoms with Gasteiger partial charge in [-0.15, -0.1) is 0 Å². The number of ether oxygens (including phenoxy) is 1. The van der Waals surface area contributed by atoms with Crippen LogP contribution in [0.3, 0.4) is 0 Å². The molecule has 1 aromatic carbocycles. The number of amides is 1. The molecule has 1 atom stereocenters. The number of rotatable bonds is 3. The molecule has 0 N–H and O–H groups in total. The largest absolute Gasteiger partial charge is 0.378 e. The fourth-order valence-electron chi connectivity index (χ4n) is 3.19. The van der Waals surface area contributed by atoms with Crippen LogP contribution in [0.25, 0.3) is 0 Å². The lowest BCUT2D eigenvalue weighted by Gasteiger charge is -2.39. The van der Waals surface area contributed by atoms with Crippen molar-refractivity contribution in [1.29, 1.82) is 0 Å². The molecule has 0 bridgehead atoms. The third-order valence-electron chi connectivity index (χ3n) is 4.57. The zero-order valence-electron chi connectivity index (χ0n) is 14.5. The fraction of sp³-hybridized carbons (Fsp3) is 0.471. The number of hydrogen-bond donors (Lipinski definition) is 0. The summed E-state index contributed by atoms with van der Waals surface area (Å²) < 4.78 is 33.3. The van der Waals surface area contributed by atoms with E-state index in [9.17, 15) is 13.2 Å². The van der Waals surface area contributed by atoms with Crippen molar-refractivity contribution in [3.05, 3.63) is 47.7 Å². The first kappa shape index (κ1) is 17.9. The van der Waals surface area contributed by atoms with Gasteiger partial charge < -0.3 is 9.64 Å². The van der Waals surface area contributed by atoms with Crippen molar-refractivity contribution in [1.82, 2.24) is 13.5 Å². The summed E-state index contributed by atoms with van der Waals surface area (Å²) in [6, 6.07) is 8.62. The Morgan fingerprint density at radius 1 is 1.20 bits per heavy atom. The zero-order valence-corrected chi connectivity index (χ0v) is 15.3. The molecule has 0 aromatic heterocycles. The van der Waals surface area contributed by atoms with Crippen LogP contribution in [0.1, 0.15) is 18.5 Å². The molecule has 0 spiro atoms. The molecular formula is C17H23N3O4S. The lowest BCUT2D eigenvalue weighted by Crippen LogP contribution is -2.50. The molecule has 1 aromatic rings. The summed E-state index contributed by atoms with van der Waals surface area (Å²) in [4.78, 5) is 14.8. The van der Waals surface area contributed by atoms with Gasteiger partial charge in [-0.05, 0) is 12.5 Å². The van der Waals surface area contributed by atoms with Crippen LogP contribution in [-0.4, -0.2) is 67.7 Å². The topological polar surface area (TPSA) is 70.2 Å². The molecular weight excluding hydrogens is 342 g/mol. The van der Waals surface area contributed by atoms with Crippen molar-refractivity contribution < 1.29 is 17.9 Å². The average molecular weight is 365 g/mol. The number of likely N-dealkylation sites (N-methyl/N-ethyl adjacent to an activating group) is 1. The molecule has 0 radical (unpaired) electrons. The normalized spacial score (nSPS) is 24.1. The summed E-state index contributed by atoms with van der Waals surface area (Å²) in [6.45, 7) is 4.05. The summed E-state index contributed by atoms with van der Waals surface area (Å²) in [7, 11) is -2.13. The molecule has 0 aliphatic carbocycles. The van der Waals surface area contributed by atoms with E-state index in [1.807, 2.05) is 30.3 Å². The van der Waals surface area contributed by atoms with Gasteiger partial charge in [0.2, 0.25) is 0 Å². The Morgan fingerprint density at radius 3 is 2.44 bits per heavy atom. The molecule has 8 heteroatoms. The number of hydrogen-bond acceptors (Lipinski definition) is 4. The number of benzene rings is 1. The zero-order chi connectivity index (χ0) is 18.0. The highest BCUT2D eigenvalue weighted by Crippen LogP contribution is 2.36. The van der Waals surface area contributed by atoms with Crippen molar-refractivity contribution in [3.8, 4) is 0 Å². The number of nitrogens with zero attached hydrogens (tertiary/aromatic N) is 3. The van der Waals surface area contributed by atoms with Gasteiger partial charge in [-0.2, -0.15) is 12.7 Å². The number of morpholine rings is 1. The highest BCUT2D eigenvalue weighted by Gasteiger charge is 2.41. The van der Waals surface area contributed by atoms with Crippen LogP contribution in [0, 0.1) is 0 Å². The lowest BCUT2D eigenvalue weighted by molar-refractivity contribution is -0.131. The van der Waals surface area contributed by atoms with Gasteiger partial charge in [0.05, 0.1) is 24.8 Å². The summed E-state index contributed by atoms with van der Waals surface area (Å²) >= 11 is 0. The Balaban J connectivity index is 2.06. The average Bonchev–Trinajstić information content (AvgIpc) is 2.64. The SMILES string of the molecule is CCN1C=C(C(=O)N2CCOCC2)C(c2ccccc2)N(C)S1(=O)=O. The Morgan fingerprint density at radius 2 is 1.84 bits per heavy atom. The van der Waals surface area contributed by atoms with Crippen LogP contribution in [0.4, 0.5) is 0 Å². The molecule has 25 heavy (non-hydrogen) atoms. The molecule has 1 fully saturated rings. The van der Waals surface area contributed by atoms with Crippen LogP contribution in [0.15, 0.2) is 42.1 Å². The van der Waals surface area contributed by atoms with E-state index in [1.165, 1.54) is 21.9 Å². The van der Waals surface area contributed by atoms with E-state index in [0.29, 0.717) is 31.9 Å². The third kappa shape index (κ3) is 3.29. The maximum absolute atomic E-state index is 13.1. The van der Waals surface area contributed by atoms with Crippen molar-refractivity contribution in [2.24, 2.45) is 0 Å². The van der Waals surface area contributed by atoms with Gasteiger partial charge in [-0.25, -0.2) is 0 Å². The Labute approximate surface area is 148 Å². The molecule has 3 rings (SSSR count). The van der Waals surface area contributed by atoms with E-state index in [-0.39, 0.29) is 12.5 Å². The molecule has 1 amide bonds. The summed E-state index contributed by atoms with van der Waals surface area (Å²) in [5, 5.41) is 0. The first-order chi connectivity index (χ1) is 12.0. The fourth-order valence-corrected chi connectivity index (χ4v) is 4.59. The second kappa shape index (κ2) is 7.15. The van der Waals surface area contributed by atoms with E-state index < -0.39 is 16.3 Å².